The lowest BCUT2D eigenvalue weighted by atomic mass is 10.2. The third-order valence-corrected chi connectivity index (χ3v) is 5.16. The Balaban J connectivity index is 0.000000690. The molecule has 11 nitrogen and oxygen atoms in total. The Morgan fingerprint density at radius 1 is 0.860 bits per heavy atom. The Morgan fingerprint density at radius 2 is 1.33 bits per heavy atom. The van der Waals surface area contributed by atoms with Gasteiger partial charge in [-0.3, -0.25) is 14.8 Å². The molecule has 244 valence electrons. The van der Waals surface area contributed by atoms with Crippen LogP contribution in [0.1, 0.15) is 31.1 Å². The average molecular weight is 641 g/mol. The van der Waals surface area contributed by atoms with Gasteiger partial charge < -0.3 is 19.9 Å². The van der Waals surface area contributed by atoms with Crippen LogP contribution in [0.2, 0.25) is 0 Å². The number of aliphatic carboxylic acids is 3. The summed E-state index contributed by atoms with van der Waals surface area (Å²) in [6.45, 7) is 9.29. The number of halogens is 9. The first-order valence-corrected chi connectivity index (χ1v) is 11.7. The first kappa shape index (κ1) is 39.1. The van der Waals surface area contributed by atoms with Gasteiger partial charge in [0.25, 0.3) is 0 Å². The van der Waals surface area contributed by atoms with E-state index in [4.69, 9.17) is 29.7 Å². The number of carboxylic acid groups (broad SMARTS) is 3. The number of hydrogen-bond donors (Lipinski definition) is 3. The van der Waals surface area contributed by atoms with E-state index in [2.05, 4.69) is 51.3 Å². The predicted molar refractivity (Wildman–Crippen MR) is 128 cm³/mol. The summed E-state index contributed by atoms with van der Waals surface area (Å²) in [5, 5.41) is 21.4. The van der Waals surface area contributed by atoms with Crippen molar-refractivity contribution in [1.82, 2.24) is 24.3 Å². The number of hydrogen-bond acceptors (Lipinski definition) is 7. The number of aromatic nitrogens is 3. The van der Waals surface area contributed by atoms with Gasteiger partial charge in [-0.25, -0.2) is 19.4 Å². The van der Waals surface area contributed by atoms with E-state index in [0.717, 1.165) is 38.4 Å². The largest absolute Gasteiger partial charge is 0.490 e. The average Bonchev–Trinajstić information content (AvgIpc) is 3.25. The highest BCUT2D eigenvalue weighted by molar-refractivity contribution is 5.73. The van der Waals surface area contributed by atoms with Gasteiger partial charge in [0.15, 0.2) is 0 Å². The lowest BCUT2D eigenvalue weighted by Gasteiger charge is -2.29. The number of imidazole rings is 1. The summed E-state index contributed by atoms with van der Waals surface area (Å²) in [5.74, 6) is -7.10. The van der Waals surface area contributed by atoms with Crippen LogP contribution in [-0.4, -0.2) is 95.7 Å². The molecule has 3 heterocycles. The molecular formula is C23H28F9N5O6. The number of rotatable bonds is 5. The molecule has 0 spiro atoms. The third-order valence-electron chi connectivity index (χ3n) is 5.16. The van der Waals surface area contributed by atoms with Gasteiger partial charge in [0.2, 0.25) is 0 Å². The van der Waals surface area contributed by atoms with Gasteiger partial charge in [0, 0.05) is 44.6 Å². The second kappa shape index (κ2) is 16.6. The van der Waals surface area contributed by atoms with Crippen molar-refractivity contribution in [1.29, 1.82) is 0 Å². The van der Waals surface area contributed by atoms with Crippen LogP contribution in [0.3, 0.4) is 0 Å². The zero-order valence-corrected chi connectivity index (χ0v) is 22.7. The van der Waals surface area contributed by atoms with Gasteiger partial charge in [-0.15, -0.1) is 0 Å². The molecule has 1 aliphatic heterocycles. The number of pyridine rings is 1. The number of nitrogens with zero attached hydrogens (tertiary/aromatic N) is 5. The predicted octanol–water partition coefficient (Wildman–Crippen LogP) is 4.03. The maximum absolute atomic E-state index is 10.6. The second-order valence-corrected chi connectivity index (χ2v) is 8.77. The Labute approximate surface area is 238 Å². The lowest BCUT2D eigenvalue weighted by molar-refractivity contribution is -0.193. The van der Waals surface area contributed by atoms with Gasteiger partial charge in [-0.05, 0) is 33.0 Å². The topological polar surface area (TPSA) is 149 Å². The Morgan fingerprint density at radius 3 is 1.70 bits per heavy atom. The molecule has 2 aromatic rings. The maximum atomic E-state index is 10.6. The molecular weight excluding hydrogens is 613 g/mol. The first-order valence-electron chi connectivity index (χ1n) is 11.7. The number of fused-ring (bicyclic) bond motifs is 1. The summed E-state index contributed by atoms with van der Waals surface area (Å²) < 4.78 is 97.6. The molecule has 0 radical (unpaired) electrons. The summed E-state index contributed by atoms with van der Waals surface area (Å²) in [4.78, 5) is 40.5. The van der Waals surface area contributed by atoms with Gasteiger partial charge in [-0.1, -0.05) is 6.07 Å². The number of alkyl halides is 9. The van der Waals surface area contributed by atoms with Crippen molar-refractivity contribution in [3.05, 3.63) is 47.8 Å². The maximum Gasteiger partial charge on any atom is 0.490 e. The molecule has 0 unspecified atom stereocenters. The minimum Gasteiger partial charge on any atom is -0.475 e. The van der Waals surface area contributed by atoms with E-state index in [0.29, 0.717) is 6.04 Å². The molecule has 20 heteroatoms. The van der Waals surface area contributed by atoms with E-state index in [1.807, 2.05) is 24.5 Å². The molecule has 0 fully saturated rings. The van der Waals surface area contributed by atoms with Crippen LogP contribution in [0, 0.1) is 0 Å². The minimum atomic E-state index is -5.08. The second-order valence-electron chi connectivity index (χ2n) is 8.77. The molecule has 3 rings (SSSR count). The number of carboxylic acids is 3. The molecule has 0 saturated heterocycles. The Kier molecular flexibility index (Phi) is 15.1. The highest BCUT2D eigenvalue weighted by Crippen LogP contribution is 2.18. The summed E-state index contributed by atoms with van der Waals surface area (Å²) in [7, 11) is 2.17. The quantitative estimate of drug-likeness (QED) is 0.409. The smallest absolute Gasteiger partial charge is 0.475 e. The fourth-order valence-corrected chi connectivity index (χ4v) is 2.79. The van der Waals surface area contributed by atoms with Crippen LogP contribution in [0.4, 0.5) is 39.5 Å². The zero-order chi connectivity index (χ0) is 33.8. The SMILES string of the molecule is CC(C)N(C)Cc1cnc2n1CCN(Cc1ccccn1)C2.O=C(O)C(F)(F)F.O=C(O)C(F)(F)F.O=C(O)C(F)(F)F. The van der Waals surface area contributed by atoms with Crippen molar-refractivity contribution >= 4 is 17.9 Å². The Hall–Kier alpha value is -3.94. The molecule has 0 aromatic carbocycles. The molecule has 0 bridgehead atoms. The normalized spacial score (nSPS) is 13.4. The molecule has 1 aliphatic rings. The highest BCUT2D eigenvalue weighted by atomic mass is 19.4. The molecule has 0 atom stereocenters. The van der Waals surface area contributed by atoms with Gasteiger partial charge >= 0.3 is 36.4 Å². The van der Waals surface area contributed by atoms with E-state index < -0.39 is 36.4 Å². The van der Waals surface area contributed by atoms with Gasteiger partial charge in [0.05, 0.1) is 17.9 Å². The molecule has 2 aromatic heterocycles. The van der Waals surface area contributed by atoms with Crippen LogP contribution in [0.25, 0.3) is 0 Å². The van der Waals surface area contributed by atoms with Crippen LogP contribution in [0.15, 0.2) is 30.6 Å². The standard InChI is InChI=1S/C17H25N5.3C2HF3O2/c1-14(2)20(3)12-16-10-19-17-13-21(8-9-22(16)17)11-15-6-4-5-7-18-15;3*3-2(4,5)1(6)7/h4-7,10,14H,8-9,11-13H2,1-3H3;3*(H,6,7). The van der Waals surface area contributed by atoms with Gasteiger partial charge in [0.1, 0.15) is 5.82 Å². The minimum absolute atomic E-state index is 0.551. The Bertz CT molecular complexity index is 1110. The van der Waals surface area contributed by atoms with Crippen molar-refractivity contribution in [2.75, 3.05) is 13.6 Å². The van der Waals surface area contributed by atoms with Crippen molar-refractivity contribution in [3.63, 3.8) is 0 Å². The monoisotopic (exact) mass is 641 g/mol. The third kappa shape index (κ3) is 15.7. The van der Waals surface area contributed by atoms with Crippen molar-refractivity contribution < 1.29 is 69.2 Å². The molecule has 0 saturated carbocycles. The van der Waals surface area contributed by atoms with Crippen molar-refractivity contribution in [3.8, 4) is 0 Å². The summed E-state index contributed by atoms with van der Waals surface area (Å²) in [6, 6.07) is 6.65. The van der Waals surface area contributed by atoms with Crippen LogP contribution in [0.5, 0.6) is 0 Å². The summed E-state index contributed by atoms with van der Waals surface area (Å²) >= 11 is 0. The van der Waals surface area contributed by atoms with E-state index in [1.54, 1.807) is 0 Å². The van der Waals surface area contributed by atoms with Gasteiger partial charge in [-0.2, -0.15) is 39.5 Å². The zero-order valence-electron chi connectivity index (χ0n) is 22.7. The molecule has 0 amide bonds. The molecule has 0 aliphatic carbocycles. The van der Waals surface area contributed by atoms with Crippen LogP contribution in [-0.2, 0) is 40.6 Å². The van der Waals surface area contributed by atoms with E-state index in [9.17, 15) is 39.5 Å². The van der Waals surface area contributed by atoms with Crippen LogP contribution >= 0.6 is 0 Å². The van der Waals surface area contributed by atoms with Crippen molar-refractivity contribution in [2.24, 2.45) is 0 Å². The number of carbonyl (C=O) groups is 3. The highest BCUT2D eigenvalue weighted by Gasteiger charge is 2.39. The van der Waals surface area contributed by atoms with E-state index in [-0.39, 0.29) is 0 Å². The lowest BCUT2D eigenvalue weighted by Crippen LogP contribution is -2.35. The van der Waals surface area contributed by atoms with E-state index >= 15 is 0 Å². The summed E-state index contributed by atoms with van der Waals surface area (Å²) in [6.07, 6.45) is -11.3. The first-order chi connectivity index (χ1) is 19.5. The summed E-state index contributed by atoms with van der Waals surface area (Å²) in [5.41, 5.74) is 2.45. The van der Waals surface area contributed by atoms with Crippen LogP contribution < -0.4 is 0 Å². The fourth-order valence-electron chi connectivity index (χ4n) is 2.79. The fraction of sp³-hybridized carbons (Fsp3) is 0.522. The molecule has 43 heavy (non-hydrogen) atoms. The molecule has 3 N–H and O–H groups in total. The van der Waals surface area contributed by atoms with Crippen molar-refractivity contribution in [2.45, 2.75) is 64.6 Å². The van der Waals surface area contributed by atoms with E-state index in [1.165, 1.54) is 11.5 Å².